The Kier molecular flexibility index (Phi) is 9.38. The molecule has 0 bridgehead atoms. The van der Waals surface area contributed by atoms with Crippen LogP contribution in [0.1, 0.15) is 48.5 Å². The minimum Gasteiger partial charge on any atom is -0.319 e. The lowest BCUT2D eigenvalue weighted by Gasteiger charge is -2.25. The van der Waals surface area contributed by atoms with Crippen molar-refractivity contribution in [3.8, 4) is 0 Å². The van der Waals surface area contributed by atoms with Crippen molar-refractivity contribution in [2.24, 2.45) is 5.73 Å². The Labute approximate surface area is 212 Å². The maximum absolute atomic E-state index is 13.2. The van der Waals surface area contributed by atoms with Gasteiger partial charge >= 0.3 is 6.18 Å². The number of ketones is 1. The molecular formula is C23H25Cl2F3N2O4S. The van der Waals surface area contributed by atoms with Gasteiger partial charge in [0.1, 0.15) is 6.04 Å². The van der Waals surface area contributed by atoms with Crippen LogP contribution in [-0.2, 0) is 21.2 Å². The number of carbonyl (C=O) groups is 2. The Hall–Kier alpha value is -2.14. The van der Waals surface area contributed by atoms with Crippen LogP contribution in [0.25, 0.3) is 0 Å². The van der Waals surface area contributed by atoms with Gasteiger partial charge in [-0.25, -0.2) is 8.42 Å². The summed E-state index contributed by atoms with van der Waals surface area (Å²) in [6.45, 7) is 1.34. The van der Waals surface area contributed by atoms with Crippen molar-refractivity contribution in [2.45, 2.75) is 61.5 Å². The molecule has 0 unspecified atom stereocenters. The van der Waals surface area contributed by atoms with E-state index in [0.717, 1.165) is 0 Å². The number of sulfone groups is 1. The first-order valence-corrected chi connectivity index (χ1v) is 12.5. The summed E-state index contributed by atoms with van der Waals surface area (Å²) in [6.07, 6.45) is -5.57. The van der Waals surface area contributed by atoms with Crippen molar-refractivity contribution in [3.05, 3.63) is 58.6 Å². The van der Waals surface area contributed by atoms with Crippen LogP contribution in [0.4, 0.5) is 18.9 Å². The van der Waals surface area contributed by atoms with E-state index in [1.54, 1.807) is 24.3 Å². The van der Waals surface area contributed by atoms with E-state index >= 15 is 0 Å². The molecule has 3 rings (SSSR count). The van der Waals surface area contributed by atoms with Gasteiger partial charge in [-0.15, -0.1) is 12.4 Å². The number of benzene rings is 2. The number of nitrogens with zero attached hydrogens (tertiary/aromatic N) is 1. The topological polar surface area (TPSA) is 97.5 Å². The number of amides is 1. The van der Waals surface area contributed by atoms with Crippen LogP contribution in [0, 0.1) is 0 Å². The van der Waals surface area contributed by atoms with Gasteiger partial charge < -0.3 is 10.6 Å². The van der Waals surface area contributed by atoms with Crippen molar-refractivity contribution in [2.75, 3.05) is 4.90 Å². The smallest absolute Gasteiger partial charge is 0.319 e. The number of unbranched alkanes of at least 4 members (excludes halogenated alkanes) is 1. The molecular weight excluding hydrogens is 528 g/mol. The molecule has 0 radical (unpaired) electrons. The second-order valence-corrected chi connectivity index (χ2v) is 11.0. The number of anilines is 1. The van der Waals surface area contributed by atoms with Gasteiger partial charge in [0.2, 0.25) is 5.91 Å². The lowest BCUT2D eigenvalue weighted by atomic mass is 10.0. The highest BCUT2D eigenvalue weighted by Crippen LogP contribution is 2.35. The van der Waals surface area contributed by atoms with E-state index in [0.29, 0.717) is 10.6 Å². The molecule has 12 heteroatoms. The normalized spacial score (nSPS) is 19.5. The van der Waals surface area contributed by atoms with Crippen molar-refractivity contribution in [1.29, 1.82) is 0 Å². The van der Waals surface area contributed by atoms with E-state index in [1.165, 1.54) is 30.0 Å². The summed E-state index contributed by atoms with van der Waals surface area (Å²) in [5.41, 5.74) is 6.79. The number of rotatable bonds is 7. The minimum absolute atomic E-state index is 0. The van der Waals surface area contributed by atoms with Gasteiger partial charge in [0.25, 0.3) is 0 Å². The van der Waals surface area contributed by atoms with Gasteiger partial charge in [-0.1, -0.05) is 23.7 Å². The maximum Gasteiger partial charge on any atom is 0.389 e. The lowest BCUT2D eigenvalue weighted by molar-refractivity contribution is -0.135. The average Bonchev–Trinajstić information content (AvgIpc) is 2.82. The van der Waals surface area contributed by atoms with Gasteiger partial charge in [-0.05, 0) is 55.7 Å². The Morgan fingerprint density at radius 2 is 1.74 bits per heavy atom. The zero-order chi connectivity index (χ0) is 25.3. The third-order valence-corrected chi connectivity index (χ3v) is 8.28. The van der Waals surface area contributed by atoms with Crippen molar-refractivity contribution in [3.63, 3.8) is 0 Å². The summed E-state index contributed by atoms with van der Waals surface area (Å²) in [4.78, 5) is 26.9. The summed E-state index contributed by atoms with van der Waals surface area (Å²) in [7, 11) is -4.00. The van der Waals surface area contributed by atoms with Gasteiger partial charge in [0.15, 0.2) is 15.6 Å². The number of hydrogen-bond acceptors (Lipinski definition) is 5. The highest BCUT2D eigenvalue weighted by molar-refractivity contribution is 7.92. The minimum atomic E-state index is -4.29. The number of nitrogens with two attached hydrogens (primary N) is 1. The molecule has 2 aromatic carbocycles. The summed E-state index contributed by atoms with van der Waals surface area (Å²) in [6, 6.07) is 9.16. The van der Waals surface area contributed by atoms with E-state index in [-0.39, 0.29) is 54.4 Å². The zero-order valence-corrected chi connectivity index (χ0v) is 21.1. The first kappa shape index (κ1) is 29.1. The highest BCUT2D eigenvalue weighted by Gasteiger charge is 2.42. The van der Waals surface area contributed by atoms with E-state index in [9.17, 15) is 31.2 Å². The van der Waals surface area contributed by atoms with Crippen LogP contribution in [0.2, 0.25) is 5.02 Å². The Morgan fingerprint density at radius 1 is 1.11 bits per heavy atom. The van der Waals surface area contributed by atoms with Crippen LogP contribution in [-0.4, -0.2) is 37.6 Å². The molecule has 192 valence electrons. The molecule has 35 heavy (non-hydrogen) atoms. The Morgan fingerprint density at radius 3 is 2.34 bits per heavy atom. The third-order valence-electron chi connectivity index (χ3n) is 5.79. The van der Waals surface area contributed by atoms with E-state index in [1.807, 2.05) is 0 Å². The number of alkyl halides is 3. The number of Topliss-reactive ketones (excluding diaryl/α,β-unsaturated/α-hetero) is 1. The van der Waals surface area contributed by atoms with Crippen LogP contribution >= 0.6 is 24.0 Å². The van der Waals surface area contributed by atoms with Crippen LogP contribution < -0.4 is 10.6 Å². The number of fused-ring (bicyclic) bond motifs is 1. The molecule has 0 saturated carbocycles. The molecule has 2 N–H and O–H groups in total. The highest BCUT2D eigenvalue weighted by atomic mass is 35.5. The van der Waals surface area contributed by atoms with E-state index in [2.05, 4.69) is 0 Å². The third kappa shape index (κ3) is 6.75. The first-order chi connectivity index (χ1) is 15.8. The molecule has 1 aliphatic rings. The predicted molar refractivity (Wildman–Crippen MR) is 130 cm³/mol. The summed E-state index contributed by atoms with van der Waals surface area (Å²) >= 11 is 5.92. The van der Waals surface area contributed by atoms with Gasteiger partial charge in [-0.3, -0.25) is 9.59 Å². The number of hydrogen-bond donors (Lipinski definition) is 1. The Bertz CT molecular complexity index is 1190. The van der Waals surface area contributed by atoms with Crippen molar-refractivity contribution >= 4 is 51.2 Å². The summed E-state index contributed by atoms with van der Waals surface area (Å²) in [5.74, 6) is -1.07. The molecule has 1 aliphatic heterocycles. The molecule has 0 spiro atoms. The standard InChI is InChI=1S/C23H24ClF3N2O4S.ClH/c1-14-21(28)22(31)29(13-15-5-8-17(24)9-6-15)18-12-16(7-10-20(18)34(14,32)33)19(30)4-2-3-11-23(25,26)27;/h5-10,12,14,21H,2-4,11,13,28H2,1H3;1H/t14-,21+;/m1./s1. The molecule has 6 nitrogen and oxygen atoms in total. The average molecular weight is 553 g/mol. The fourth-order valence-corrected chi connectivity index (χ4v) is 5.47. The molecule has 0 saturated heterocycles. The molecule has 0 fully saturated rings. The number of halogens is 5. The van der Waals surface area contributed by atoms with Crippen LogP contribution in [0.3, 0.4) is 0 Å². The SMILES string of the molecule is C[C@@H]1[C@H](N)C(=O)N(Cc2ccc(Cl)cc2)c2cc(C(=O)CCCCC(F)(F)F)ccc2S1(=O)=O.Cl. The van der Waals surface area contributed by atoms with Gasteiger partial charge in [0.05, 0.1) is 22.4 Å². The van der Waals surface area contributed by atoms with Gasteiger partial charge in [0, 0.05) is 23.4 Å². The molecule has 2 aromatic rings. The van der Waals surface area contributed by atoms with Crippen molar-refractivity contribution < 1.29 is 31.2 Å². The van der Waals surface area contributed by atoms with Crippen LogP contribution in [0.5, 0.6) is 0 Å². The molecule has 0 aliphatic carbocycles. The quantitative estimate of drug-likeness (QED) is 0.380. The van der Waals surface area contributed by atoms with Crippen molar-refractivity contribution in [1.82, 2.24) is 0 Å². The second-order valence-electron chi connectivity index (χ2n) is 8.25. The fraction of sp³-hybridized carbons (Fsp3) is 0.391. The predicted octanol–water partition coefficient (Wildman–Crippen LogP) is 5.10. The van der Waals surface area contributed by atoms with Crippen LogP contribution in [0.15, 0.2) is 47.4 Å². The molecule has 2 atom stereocenters. The van der Waals surface area contributed by atoms with E-state index in [4.69, 9.17) is 17.3 Å². The largest absolute Gasteiger partial charge is 0.389 e. The number of carbonyl (C=O) groups excluding carboxylic acids is 2. The monoisotopic (exact) mass is 552 g/mol. The fourth-order valence-electron chi connectivity index (χ4n) is 3.73. The zero-order valence-electron chi connectivity index (χ0n) is 18.7. The molecule has 1 amide bonds. The Balaban J connectivity index is 0.00000432. The first-order valence-electron chi connectivity index (χ1n) is 10.6. The van der Waals surface area contributed by atoms with E-state index < -0.39 is 45.4 Å². The summed E-state index contributed by atoms with van der Waals surface area (Å²) < 4.78 is 63.3. The molecule has 1 heterocycles. The molecule has 0 aromatic heterocycles. The second kappa shape index (κ2) is 11.3. The lowest BCUT2D eigenvalue weighted by Crippen LogP contribution is -2.49. The van der Waals surface area contributed by atoms with Gasteiger partial charge in [-0.2, -0.15) is 13.2 Å². The maximum atomic E-state index is 13.2. The summed E-state index contributed by atoms with van der Waals surface area (Å²) in [5, 5.41) is -0.712.